The molecule has 0 saturated carbocycles. The Morgan fingerprint density at radius 1 is 1.50 bits per heavy atom. The summed E-state index contributed by atoms with van der Waals surface area (Å²) in [6, 6.07) is 0.372. The summed E-state index contributed by atoms with van der Waals surface area (Å²) in [4.78, 5) is 0. The lowest BCUT2D eigenvalue weighted by Crippen LogP contribution is -2.32. The largest absolute Gasteiger partial charge is 0.313 e. The average molecular weight is 194 g/mol. The average Bonchev–Trinajstić information content (AvgIpc) is 1.84. The summed E-state index contributed by atoms with van der Waals surface area (Å²) in [5, 5.41) is 7.91. The third-order valence-corrected chi connectivity index (χ3v) is 2.37. The first-order chi connectivity index (χ1) is 5.45. The highest BCUT2D eigenvalue weighted by atomic mass is 32.2. The molecule has 0 aliphatic carbocycles. The second-order valence-electron chi connectivity index (χ2n) is 3.01. The van der Waals surface area contributed by atoms with Crippen molar-refractivity contribution in [2.75, 3.05) is 12.3 Å². The van der Waals surface area contributed by atoms with Gasteiger partial charge in [-0.3, -0.25) is 0 Å². The highest BCUT2D eigenvalue weighted by Crippen LogP contribution is 1.93. The Kier molecular flexibility index (Phi) is 5.44. The smallest absolute Gasteiger partial charge is 0.210 e. The molecule has 5 heteroatoms. The Bertz CT molecular complexity index is 201. The minimum Gasteiger partial charge on any atom is -0.313 e. The maximum absolute atomic E-state index is 10.5. The molecular formula is C7H18N2O2S. The number of rotatable bonds is 6. The second-order valence-corrected chi connectivity index (χ2v) is 4.74. The summed E-state index contributed by atoms with van der Waals surface area (Å²) in [6.07, 6.45) is 2.16. The van der Waals surface area contributed by atoms with Gasteiger partial charge >= 0.3 is 0 Å². The van der Waals surface area contributed by atoms with Gasteiger partial charge in [0.05, 0.1) is 5.75 Å². The van der Waals surface area contributed by atoms with E-state index in [0.717, 1.165) is 12.8 Å². The Balaban J connectivity index is 3.44. The topological polar surface area (TPSA) is 72.2 Å². The van der Waals surface area contributed by atoms with E-state index in [1.165, 1.54) is 0 Å². The van der Waals surface area contributed by atoms with Gasteiger partial charge < -0.3 is 5.32 Å². The number of nitrogens with one attached hydrogen (secondary N) is 1. The minimum atomic E-state index is -3.30. The van der Waals surface area contributed by atoms with Gasteiger partial charge in [0.1, 0.15) is 0 Å². The van der Waals surface area contributed by atoms with Gasteiger partial charge in [-0.1, -0.05) is 13.3 Å². The van der Waals surface area contributed by atoms with E-state index >= 15 is 0 Å². The molecule has 1 atom stereocenters. The van der Waals surface area contributed by atoms with Crippen molar-refractivity contribution >= 4 is 10.0 Å². The third-order valence-electron chi connectivity index (χ3n) is 1.60. The molecule has 4 nitrogen and oxygen atoms in total. The maximum atomic E-state index is 10.5. The van der Waals surface area contributed by atoms with Crippen LogP contribution in [-0.4, -0.2) is 26.8 Å². The Hall–Kier alpha value is -0.130. The first-order valence-corrected chi connectivity index (χ1v) is 5.91. The molecule has 0 aromatic heterocycles. The minimum absolute atomic E-state index is 0.0149. The molecule has 0 amide bonds. The molecule has 74 valence electrons. The molecule has 12 heavy (non-hydrogen) atoms. The fraction of sp³-hybridized carbons (Fsp3) is 1.00. The van der Waals surface area contributed by atoms with E-state index < -0.39 is 10.0 Å². The first-order valence-electron chi connectivity index (χ1n) is 4.19. The maximum Gasteiger partial charge on any atom is 0.210 e. The van der Waals surface area contributed by atoms with Crippen molar-refractivity contribution in [1.29, 1.82) is 0 Å². The van der Waals surface area contributed by atoms with Crippen LogP contribution in [-0.2, 0) is 10.0 Å². The van der Waals surface area contributed by atoms with E-state index in [2.05, 4.69) is 12.2 Å². The monoisotopic (exact) mass is 194 g/mol. The van der Waals surface area contributed by atoms with Crippen molar-refractivity contribution in [3.8, 4) is 0 Å². The molecule has 3 N–H and O–H groups in total. The van der Waals surface area contributed by atoms with Crippen LogP contribution in [0.25, 0.3) is 0 Å². The number of primary sulfonamides is 1. The summed E-state index contributed by atoms with van der Waals surface area (Å²) in [5.41, 5.74) is 0. The fourth-order valence-electron chi connectivity index (χ4n) is 0.983. The standard InChI is InChI=1S/C7H18N2O2S/c1-3-4-7(2)9-5-6-12(8,10)11/h7,9H,3-6H2,1-2H3,(H2,8,10,11). The zero-order valence-corrected chi connectivity index (χ0v) is 8.52. The van der Waals surface area contributed by atoms with Crippen LogP contribution in [0, 0.1) is 0 Å². The molecule has 0 spiro atoms. The molecular weight excluding hydrogens is 176 g/mol. The zero-order chi connectivity index (χ0) is 9.61. The van der Waals surface area contributed by atoms with E-state index in [-0.39, 0.29) is 5.75 Å². The molecule has 0 saturated heterocycles. The summed E-state index contributed by atoms with van der Waals surface area (Å²) in [7, 11) is -3.30. The molecule has 0 radical (unpaired) electrons. The summed E-state index contributed by atoms with van der Waals surface area (Å²) >= 11 is 0. The number of nitrogens with two attached hydrogens (primary N) is 1. The highest BCUT2D eigenvalue weighted by Gasteiger charge is 2.03. The zero-order valence-electron chi connectivity index (χ0n) is 7.71. The van der Waals surface area contributed by atoms with Crippen LogP contribution in [0.3, 0.4) is 0 Å². The van der Waals surface area contributed by atoms with Crippen molar-refractivity contribution in [2.24, 2.45) is 5.14 Å². The summed E-state index contributed by atoms with van der Waals surface area (Å²) in [5.74, 6) is 0.0149. The van der Waals surface area contributed by atoms with Gasteiger partial charge in [-0.15, -0.1) is 0 Å². The predicted octanol–water partition coefficient (Wildman–Crippen LogP) is 0.0531. The van der Waals surface area contributed by atoms with Crippen LogP contribution in [0.4, 0.5) is 0 Å². The number of hydrogen-bond acceptors (Lipinski definition) is 3. The van der Waals surface area contributed by atoms with Crippen molar-refractivity contribution in [1.82, 2.24) is 5.32 Å². The molecule has 0 rings (SSSR count). The van der Waals surface area contributed by atoms with Crippen LogP contribution >= 0.6 is 0 Å². The lowest BCUT2D eigenvalue weighted by molar-refractivity contribution is 0.520. The van der Waals surface area contributed by atoms with Crippen molar-refractivity contribution in [3.05, 3.63) is 0 Å². The van der Waals surface area contributed by atoms with Crippen LogP contribution < -0.4 is 10.5 Å². The number of hydrogen-bond donors (Lipinski definition) is 2. The lowest BCUT2D eigenvalue weighted by atomic mass is 10.2. The number of sulfonamides is 1. The van der Waals surface area contributed by atoms with Crippen LogP contribution in [0.15, 0.2) is 0 Å². The summed E-state index contributed by atoms with van der Waals surface area (Å²) < 4.78 is 21.0. The van der Waals surface area contributed by atoms with Gasteiger partial charge in [0.25, 0.3) is 0 Å². The molecule has 0 aromatic rings. The Labute approximate surface area is 74.6 Å². The predicted molar refractivity (Wildman–Crippen MR) is 50.3 cm³/mol. The second kappa shape index (κ2) is 5.50. The lowest BCUT2D eigenvalue weighted by Gasteiger charge is -2.11. The van der Waals surface area contributed by atoms with Gasteiger partial charge in [0.15, 0.2) is 0 Å². The Morgan fingerprint density at radius 2 is 2.08 bits per heavy atom. The van der Waals surface area contributed by atoms with E-state index in [1.54, 1.807) is 0 Å². The van der Waals surface area contributed by atoms with Gasteiger partial charge in [0, 0.05) is 12.6 Å². The molecule has 0 aliphatic heterocycles. The molecule has 0 aliphatic rings. The van der Waals surface area contributed by atoms with Crippen LogP contribution in [0.5, 0.6) is 0 Å². The molecule has 0 fully saturated rings. The van der Waals surface area contributed by atoms with Crippen LogP contribution in [0.2, 0.25) is 0 Å². The van der Waals surface area contributed by atoms with Gasteiger partial charge in [0.2, 0.25) is 10.0 Å². The van der Waals surface area contributed by atoms with E-state index in [4.69, 9.17) is 5.14 Å². The van der Waals surface area contributed by atoms with E-state index in [0.29, 0.717) is 12.6 Å². The van der Waals surface area contributed by atoms with E-state index in [1.807, 2.05) is 6.92 Å². The van der Waals surface area contributed by atoms with Crippen LogP contribution in [0.1, 0.15) is 26.7 Å². The molecule has 0 bridgehead atoms. The highest BCUT2D eigenvalue weighted by molar-refractivity contribution is 7.89. The van der Waals surface area contributed by atoms with Gasteiger partial charge in [-0.05, 0) is 13.3 Å². The van der Waals surface area contributed by atoms with Crippen molar-refractivity contribution in [3.63, 3.8) is 0 Å². The quantitative estimate of drug-likeness (QED) is 0.627. The fourth-order valence-corrected chi connectivity index (χ4v) is 1.39. The van der Waals surface area contributed by atoms with Gasteiger partial charge in [-0.2, -0.15) is 0 Å². The third kappa shape index (κ3) is 7.97. The molecule has 0 aromatic carbocycles. The molecule has 1 unspecified atom stereocenters. The SMILES string of the molecule is CCCC(C)NCCS(N)(=O)=O. The summed E-state index contributed by atoms with van der Waals surface area (Å²) in [6.45, 7) is 4.57. The van der Waals surface area contributed by atoms with E-state index in [9.17, 15) is 8.42 Å². The van der Waals surface area contributed by atoms with Gasteiger partial charge in [-0.25, -0.2) is 13.6 Å². The normalized spacial score (nSPS) is 14.6. The first kappa shape index (κ1) is 11.9. The molecule has 0 heterocycles. The van der Waals surface area contributed by atoms with Crippen molar-refractivity contribution < 1.29 is 8.42 Å². The Morgan fingerprint density at radius 3 is 2.50 bits per heavy atom. The van der Waals surface area contributed by atoms with Crippen molar-refractivity contribution in [2.45, 2.75) is 32.7 Å².